The normalized spacial score (nSPS) is 11.4. The fourth-order valence-electron chi connectivity index (χ4n) is 2.54. The van der Waals surface area contributed by atoms with Crippen LogP contribution in [0.2, 0.25) is 0 Å². The fraction of sp³-hybridized carbons (Fsp3) is 0.364. The highest BCUT2D eigenvalue weighted by molar-refractivity contribution is 9.10. The summed E-state index contributed by atoms with van der Waals surface area (Å²) in [5.74, 6) is 0.139. The Balaban J connectivity index is 1.97. The van der Waals surface area contributed by atoms with E-state index in [2.05, 4.69) is 15.9 Å². The van der Waals surface area contributed by atoms with E-state index in [0.717, 1.165) is 4.47 Å². The number of halogens is 1. The Hall–Kier alpha value is -2.18. The van der Waals surface area contributed by atoms with E-state index in [4.69, 9.17) is 9.47 Å². The second-order valence-corrected chi connectivity index (χ2v) is 8.42. The van der Waals surface area contributed by atoms with E-state index in [1.165, 1.54) is 0 Å². The standard InChI is InChI=1S/C22H26BrNO4/c1-22(2,3)28-20(25)15-24(4)12-13-27-19-11-10-17(23)14-18(19)21(26)16-8-6-5-7-9-16/h5-11,14H,12-13,15H2,1-4H3. The largest absolute Gasteiger partial charge is 0.491 e. The van der Waals surface area contributed by atoms with Crippen LogP contribution in [0.3, 0.4) is 0 Å². The maximum Gasteiger partial charge on any atom is 0.320 e. The van der Waals surface area contributed by atoms with Gasteiger partial charge in [-0.2, -0.15) is 0 Å². The molecule has 150 valence electrons. The van der Waals surface area contributed by atoms with E-state index >= 15 is 0 Å². The van der Waals surface area contributed by atoms with Crippen molar-refractivity contribution in [2.75, 3.05) is 26.7 Å². The average Bonchev–Trinajstić information content (AvgIpc) is 2.61. The van der Waals surface area contributed by atoms with Crippen molar-refractivity contribution >= 4 is 27.7 Å². The highest BCUT2D eigenvalue weighted by atomic mass is 79.9. The third-order valence-electron chi connectivity index (χ3n) is 3.77. The van der Waals surface area contributed by atoms with Crippen LogP contribution in [0.5, 0.6) is 5.75 Å². The predicted octanol–water partition coefficient (Wildman–Crippen LogP) is 4.33. The van der Waals surface area contributed by atoms with Crippen LogP contribution in [0.25, 0.3) is 0 Å². The van der Waals surface area contributed by atoms with E-state index in [1.54, 1.807) is 24.3 Å². The molecule has 0 spiro atoms. The average molecular weight is 448 g/mol. The van der Waals surface area contributed by atoms with Gasteiger partial charge in [0.05, 0.1) is 12.1 Å². The molecule has 0 aromatic heterocycles. The zero-order chi connectivity index (χ0) is 20.7. The monoisotopic (exact) mass is 447 g/mol. The van der Waals surface area contributed by atoms with Gasteiger partial charge in [0.25, 0.3) is 0 Å². The number of hydrogen-bond acceptors (Lipinski definition) is 5. The summed E-state index contributed by atoms with van der Waals surface area (Å²) in [5.41, 5.74) is 0.598. The molecule has 2 aromatic carbocycles. The maximum absolute atomic E-state index is 12.8. The minimum atomic E-state index is -0.501. The first kappa shape index (κ1) is 22.1. The number of ether oxygens (including phenoxy) is 2. The van der Waals surface area contributed by atoms with Crippen molar-refractivity contribution in [1.82, 2.24) is 4.90 Å². The third kappa shape index (κ3) is 7.09. The molecular formula is C22H26BrNO4. The Morgan fingerprint density at radius 1 is 1.07 bits per heavy atom. The van der Waals surface area contributed by atoms with Crippen molar-refractivity contribution in [3.05, 3.63) is 64.1 Å². The van der Waals surface area contributed by atoms with Gasteiger partial charge in [0, 0.05) is 16.6 Å². The number of esters is 1. The number of carbonyl (C=O) groups excluding carboxylic acids is 2. The maximum atomic E-state index is 12.8. The summed E-state index contributed by atoms with van der Waals surface area (Å²) in [6, 6.07) is 14.5. The molecule has 28 heavy (non-hydrogen) atoms. The van der Waals surface area contributed by atoms with E-state index in [1.807, 2.05) is 57.0 Å². The van der Waals surface area contributed by atoms with Gasteiger partial charge in [-0.05, 0) is 46.0 Å². The molecular weight excluding hydrogens is 422 g/mol. The number of ketones is 1. The van der Waals surface area contributed by atoms with Gasteiger partial charge in [-0.1, -0.05) is 46.3 Å². The van der Waals surface area contributed by atoms with Crippen LogP contribution in [0.15, 0.2) is 53.0 Å². The van der Waals surface area contributed by atoms with Gasteiger partial charge in [0.15, 0.2) is 5.78 Å². The van der Waals surface area contributed by atoms with Gasteiger partial charge in [-0.25, -0.2) is 0 Å². The molecule has 0 N–H and O–H groups in total. The summed E-state index contributed by atoms with van der Waals surface area (Å²) in [6.45, 7) is 6.56. The van der Waals surface area contributed by atoms with Gasteiger partial charge in [0.2, 0.25) is 0 Å². The quantitative estimate of drug-likeness (QED) is 0.445. The lowest BCUT2D eigenvalue weighted by Gasteiger charge is -2.22. The van der Waals surface area contributed by atoms with Crippen LogP contribution in [-0.4, -0.2) is 49.0 Å². The Bertz CT molecular complexity index is 815. The van der Waals surface area contributed by atoms with E-state index in [9.17, 15) is 9.59 Å². The van der Waals surface area contributed by atoms with Crippen LogP contribution >= 0.6 is 15.9 Å². The number of benzene rings is 2. The Labute approximate surface area is 174 Å². The smallest absolute Gasteiger partial charge is 0.320 e. The SMILES string of the molecule is CN(CCOc1ccc(Br)cc1C(=O)c1ccccc1)CC(=O)OC(C)(C)C. The highest BCUT2D eigenvalue weighted by Crippen LogP contribution is 2.26. The number of rotatable bonds is 8. The van der Waals surface area contributed by atoms with E-state index < -0.39 is 5.60 Å². The molecule has 2 aromatic rings. The molecule has 0 saturated carbocycles. The summed E-state index contributed by atoms with van der Waals surface area (Å²) in [6.07, 6.45) is 0. The van der Waals surface area contributed by atoms with Crippen LogP contribution in [0.1, 0.15) is 36.7 Å². The molecule has 0 aliphatic heterocycles. The fourth-order valence-corrected chi connectivity index (χ4v) is 2.90. The van der Waals surface area contributed by atoms with Crippen LogP contribution in [0.4, 0.5) is 0 Å². The first-order valence-electron chi connectivity index (χ1n) is 9.08. The number of nitrogens with zero attached hydrogens (tertiary/aromatic N) is 1. The Kier molecular flexibility index (Phi) is 7.78. The van der Waals surface area contributed by atoms with Crippen molar-refractivity contribution in [3.63, 3.8) is 0 Å². The van der Waals surface area contributed by atoms with Gasteiger partial charge in [0.1, 0.15) is 18.0 Å². The highest BCUT2D eigenvalue weighted by Gasteiger charge is 2.18. The molecule has 0 atom stereocenters. The lowest BCUT2D eigenvalue weighted by atomic mass is 10.0. The van der Waals surface area contributed by atoms with Crippen LogP contribution in [-0.2, 0) is 9.53 Å². The molecule has 0 fully saturated rings. The third-order valence-corrected chi connectivity index (χ3v) is 4.27. The van der Waals surface area contributed by atoms with Gasteiger partial charge < -0.3 is 9.47 Å². The summed E-state index contributed by atoms with van der Waals surface area (Å²) >= 11 is 3.41. The molecule has 0 unspecified atom stereocenters. The van der Waals surface area contributed by atoms with Crippen molar-refractivity contribution in [2.45, 2.75) is 26.4 Å². The van der Waals surface area contributed by atoms with Crippen LogP contribution in [0, 0.1) is 0 Å². The second kappa shape index (κ2) is 9.85. The first-order valence-corrected chi connectivity index (χ1v) is 9.87. The van der Waals surface area contributed by atoms with E-state index in [0.29, 0.717) is 30.0 Å². The zero-order valence-corrected chi connectivity index (χ0v) is 18.3. The Morgan fingerprint density at radius 2 is 1.75 bits per heavy atom. The minimum Gasteiger partial charge on any atom is -0.491 e. The molecule has 0 heterocycles. The predicted molar refractivity (Wildman–Crippen MR) is 113 cm³/mol. The van der Waals surface area contributed by atoms with Crippen molar-refractivity contribution in [3.8, 4) is 5.75 Å². The lowest BCUT2D eigenvalue weighted by Crippen LogP contribution is -2.34. The molecule has 0 amide bonds. The molecule has 0 bridgehead atoms. The van der Waals surface area contributed by atoms with Crippen molar-refractivity contribution in [1.29, 1.82) is 0 Å². The minimum absolute atomic E-state index is 0.0981. The number of likely N-dealkylation sites (N-methyl/N-ethyl adjacent to an activating group) is 1. The van der Waals surface area contributed by atoms with Crippen LogP contribution < -0.4 is 4.74 Å². The topological polar surface area (TPSA) is 55.8 Å². The molecule has 0 saturated heterocycles. The second-order valence-electron chi connectivity index (χ2n) is 7.51. The zero-order valence-electron chi connectivity index (χ0n) is 16.7. The first-order chi connectivity index (χ1) is 13.2. The summed E-state index contributed by atoms with van der Waals surface area (Å²) in [5, 5.41) is 0. The van der Waals surface area contributed by atoms with Gasteiger partial charge in [-0.15, -0.1) is 0 Å². The van der Waals surface area contributed by atoms with E-state index in [-0.39, 0.29) is 18.3 Å². The number of carbonyl (C=O) groups is 2. The van der Waals surface area contributed by atoms with Crippen molar-refractivity contribution < 1.29 is 19.1 Å². The molecule has 6 heteroatoms. The molecule has 5 nitrogen and oxygen atoms in total. The summed E-state index contributed by atoms with van der Waals surface area (Å²) in [7, 11) is 1.82. The Morgan fingerprint density at radius 3 is 2.39 bits per heavy atom. The summed E-state index contributed by atoms with van der Waals surface area (Å²) < 4.78 is 12.0. The molecule has 0 aliphatic rings. The molecule has 2 rings (SSSR count). The van der Waals surface area contributed by atoms with Gasteiger partial charge in [-0.3, -0.25) is 14.5 Å². The lowest BCUT2D eigenvalue weighted by molar-refractivity contribution is -0.155. The van der Waals surface area contributed by atoms with Gasteiger partial charge >= 0.3 is 5.97 Å². The molecule has 0 radical (unpaired) electrons. The molecule has 0 aliphatic carbocycles. The summed E-state index contributed by atoms with van der Waals surface area (Å²) in [4.78, 5) is 26.5. The number of hydrogen-bond donors (Lipinski definition) is 0. The van der Waals surface area contributed by atoms with Crippen molar-refractivity contribution in [2.24, 2.45) is 0 Å².